The fourth-order valence-electron chi connectivity index (χ4n) is 3.68. The molecule has 0 radical (unpaired) electrons. The Kier molecular flexibility index (Phi) is 7.97. The van der Waals surface area contributed by atoms with Gasteiger partial charge in [0.05, 0.1) is 13.3 Å². The van der Waals surface area contributed by atoms with E-state index in [1.807, 2.05) is 6.07 Å². The third-order valence-corrected chi connectivity index (χ3v) is 8.23. The van der Waals surface area contributed by atoms with E-state index in [9.17, 15) is 21.6 Å². The first-order chi connectivity index (χ1) is 16.4. The maximum absolute atomic E-state index is 15.4. The van der Waals surface area contributed by atoms with Gasteiger partial charge in [-0.05, 0) is 12.5 Å². The number of nitrogens with zero attached hydrogens (tertiary/aromatic N) is 2. The van der Waals surface area contributed by atoms with E-state index in [0.29, 0.717) is 11.1 Å². The lowest BCUT2D eigenvalue weighted by atomic mass is 9.93. The molecule has 2 heterocycles. The summed E-state index contributed by atoms with van der Waals surface area (Å²) < 4.78 is 71.1. The highest BCUT2D eigenvalue weighted by molar-refractivity contribution is 7.93. The summed E-state index contributed by atoms with van der Waals surface area (Å²) in [4.78, 5) is 16.5. The minimum Gasteiger partial charge on any atom is -0.481 e. The van der Waals surface area contributed by atoms with Crippen molar-refractivity contribution in [2.45, 2.75) is 36.4 Å². The Morgan fingerprint density at radius 1 is 1.20 bits per heavy atom. The molecule has 1 N–H and O–H groups in total. The van der Waals surface area contributed by atoms with Crippen LogP contribution in [0.5, 0.6) is 5.88 Å². The van der Waals surface area contributed by atoms with Gasteiger partial charge < -0.3 is 10.1 Å². The van der Waals surface area contributed by atoms with Crippen molar-refractivity contribution in [3.63, 3.8) is 0 Å². The normalized spacial score (nSPS) is 17.7. The Balaban J connectivity index is 1.78. The predicted octanol–water partition coefficient (Wildman–Crippen LogP) is 2.31. The Labute approximate surface area is 205 Å². The summed E-state index contributed by atoms with van der Waals surface area (Å²) in [5, 5.41) is 3.37. The average Bonchev–Trinajstić information content (AvgIpc) is 2.82. The standard InChI is InChI=1S/C23H28FN3O6S2/c1-17(9-14-34(3,29)30)26-22(28)23(24)10-12-27(13-11-23)35(31,32)20-16-25-21(33-2)15-19(20)18-7-5-4-6-8-18/h4-9,14-17H,10-13H2,1-3H3,(H,26,28)/b14-9-/t17-/m0/s1. The highest BCUT2D eigenvalue weighted by Crippen LogP contribution is 2.35. The Morgan fingerprint density at radius 3 is 2.40 bits per heavy atom. The fraction of sp³-hybridized carbons (Fsp3) is 0.391. The first-order valence-electron chi connectivity index (χ1n) is 10.8. The largest absolute Gasteiger partial charge is 0.481 e. The van der Waals surface area contributed by atoms with Gasteiger partial charge in [-0.15, -0.1) is 0 Å². The van der Waals surface area contributed by atoms with Gasteiger partial charge >= 0.3 is 0 Å². The average molecular weight is 526 g/mol. The highest BCUT2D eigenvalue weighted by Gasteiger charge is 2.45. The number of sulfonamides is 1. The Hall–Kier alpha value is -2.83. The molecule has 1 aromatic heterocycles. The van der Waals surface area contributed by atoms with Crippen molar-refractivity contribution in [3.8, 4) is 17.0 Å². The number of aromatic nitrogens is 1. The molecule has 0 saturated carbocycles. The molecule has 1 fully saturated rings. The number of amides is 1. The van der Waals surface area contributed by atoms with E-state index >= 15 is 4.39 Å². The third kappa shape index (κ3) is 6.44. The molecule has 190 valence electrons. The van der Waals surface area contributed by atoms with Crippen LogP contribution in [0.2, 0.25) is 0 Å². The van der Waals surface area contributed by atoms with E-state index in [1.165, 1.54) is 32.4 Å². The molecule has 0 bridgehead atoms. The summed E-state index contributed by atoms with van der Waals surface area (Å²) in [6, 6.07) is 9.71. The van der Waals surface area contributed by atoms with Crippen molar-refractivity contribution >= 4 is 25.8 Å². The second-order valence-corrected chi connectivity index (χ2v) is 12.2. The van der Waals surface area contributed by atoms with Gasteiger partial charge in [-0.1, -0.05) is 36.4 Å². The van der Waals surface area contributed by atoms with Crippen LogP contribution in [0.4, 0.5) is 4.39 Å². The van der Waals surface area contributed by atoms with E-state index in [4.69, 9.17) is 4.74 Å². The van der Waals surface area contributed by atoms with Gasteiger partial charge in [-0.25, -0.2) is 26.2 Å². The Morgan fingerprint density at radius 2 is 1.83 bits per heavy atom. The third-order valence-electron chi connectivity index (χ3n) is 5.65. The van der Waals surface area contributed by atoms with Crippen LogP contribution in [0.3, 0.4) is 0 Å². The van der Waals surface area contributed by atoms with Crippen molar-refractivity contribution in [2.24, 2.45) is 0 Å². The zero-order valence-corrected chi connectivity index (χ0v) is 21.3. The maximum atomic E-state index is 15.4. The van der Waals surface area contributed by atoms with Gasteiger partial charge in [-0.2, -0.15) is 4.31 Å². The zero-order valence-electron chi connectivity index (χ0n) is 19.6. The number of alkyl halides is 1. The summed E-state index contributed by atoms with van der Waals surface area (Å²) in [6.07, 6.45) is 2.79. The number of carbonyl (C=O) groups is 1. The Bertz CT molecular complexity index is 1310. The fourth-order valence-corrected chi connectivity index (χ4v) is 5.78. The number of hydrogen-bond acceptors (Lipinski definition) is 7. The van der Waals surface area contributed by atoms with Gasteiger partial charge in [-0.3, -0.25) is 4.79 Å². The summed E-state index contributed by atoms with van der Waals surface area (Å²) in [7, 11) is -6.01. The molecular formula is C23H28FN3O6S2. The number of piperidine rings is 1. The molecule has 0 spiro atoms. The maximum Gasteiger partial charge on any atom is 0.258 e. The van der Waals surface area contributed by atoms with Crippen molar-refractivity contribution < 1.29 is 30.8 Å². The van der Waals surface area contributed by atoms with E-state index in [0.717, 1.165) is 16.0 Å². The molecule has 1 aliphatic heterocycles. The highest BCUT2D eigenvalue weighted by atomic mass is 32.2. The van der Waals surface area contributed by atoms with Crippen molar-refractivity contribution in [3.05, 3.63) is 54.1 Å². The molecule has 1 aromatic carbocycles. The number of halogens is 1. The number of rotatable bonds is 8. The molecular weight excluding hydrogens is 497 g/mol. The van der Waals surface area contributed by atoms with Gasteiger partial charge in [0.25, 0.3) is 5.91 Å². The van der Waals surface area contributed by atoms with Crippen LogP contribution < -0.4 is 10.1 Å². The molecule has 1 aliphatic rings. The van der Waals surface area contributed by atoms with Crippen LogP contribution in [0.1, 0.15) is 19.8 Å². The van der Waals surface area contributed by atoms with Gasteiger partial charge in [0.2, 0.25) is 15.9 Å². The van der Waals surface area contributed by atoms with E-state index < -0.39 is 37.5 Å². The minimum atomic E-state index is -4.05. The lowest BCUT2D eigenvalue weighted by molar-refractivity contribution is -0.135. The lowest BCUT2D eigenvalue weighted by Gasteiger charge is -2.35. The van der Waals surface area contributed by atoms with Crippen LogP contribution in [-0.2, 0) is 24.7 Å². The van der Waals surface area contributed by atoms with Crippen molar-refractivity contribution in [1.29, 1.82) is 0 Å². The van der Waals surface area contributed by atoms with Crippen LogP contribution >= 0.6 is 0 Å². The number of ether oxygens (including phenoxy) is 1. The minimum absolute atomic E-state index is 0.0418. The second-order valence-electron chi connectivity index (χ2n) is 8.38. The first kappa shape index (κ1) is 26.8. The second kappa shape index (κ2) is 10.4. The van der Waals surface area contributed by atoms with Crippen LogP contribution in [0.25, 0.3) is 11.1 Å². The van der Waals surface area contributed by atoms with Gasteiger partial charge in [0.1, 0.15) is 4.90 Å². The lowest BCUT2D eigenvalue weighted by Crippen LogP contribution is -2.53. The zero-order chi connectivity index (χ0) is 25.9. The molecule has 3 rings (SSSR count). The van der Waals surface area contributed by atoms with Gasteiger partial charge in [0, 0.05) is 55.3 Å². The van der Waals surface area contributed by atoms with E-state index in [2.05, 4.69) is 10.3 Å². The van der Waals surface area contributed by atoms with Crippen LogP contribution in [0.15, 0.2) is 59.0 Å². The quantitative estimate of drug-likeness (QED) is 0.561. The number of hydrogen-bond donors (Lipinski definition) is 1. The van der Waals surface area contributed by atoms with Crippen LogP contribution in [-0.4, -0.2) is 70.2 Å². The molecule has 0 aliphatic carbocycles. The van der Waals surface area contributed by atoms with E-state index in [-0.39, 0.29) is 36.7 Å². The predicted molar refractivity (Wildman–Crippen MR) is 130 cm³/mol. The summed E-state index contributed by atoms with van der Waals surface area (Å²) in [5.41, 5.74) is -1.22. The molecule has 1 saturated heterocycles. The van der Waals surface area contributed by atoms with E-state index in [1.54, 1.807) is 24.3 Å². The molecule has 9 nitrogen and oxygen atoms in total. The number of sulfone groups is 1. The van der Waals surface area contributed by atoms with Crippen LogP contribution in [0, 0.1) is 0 Å². The molecule has 12 heteroatoms. The first-order valence-corrected chi connectivity index (χ1v) is 14.2. The molecule has 0 unspecified atom stereocenters. The molecule has 2 aromatic rings. The topological polar surface area (TPSA) is 123 Å². The molecule has 1 amide bonds. The summed E-state index contributed by atoms with van der Waals surface area (Å²) in [6.45, 7) is 1.10. The summed E-state index contributed by atoms with van der Waals surface area (Å²) in [5.74, 6) is -0.656. The SMILES string of the molecule is COc1cc(-c2ccccc2)c(S(=O)(=O)N2CCC(F)(C(=O)N[C@@H](C)/C=C\S(C)(=O)=O)CC2)cn1. The summed E-state index contributed by atoms with van der Waals surface area (Å²) >= 11 is 0. The molecule has 35 heavy (non-hydrogen) atoms. The van der Waals surface area contributed by atoms with Crippen molar-refractivity contribution in [2.75, 3.05) is 26.5 Å². The number of benzene rings is 1. The number of carbonyl (C=O) groups excluding carboxylic acids is 1. The smallest absolute Gasteiger partial charge is 0.258 e. The number of methoxy groups -OCH3 is 1. The van der Waals surface area contributed by atoms with Gasteiger partial charge in [0.15, 0.2) is 15.5 Å². The number of nitrogens with one attached hydrogen (secondary N) is 1. The monoisotopic (exact) mass is 525 g/mol. The van der Waals surface area contributed by atoms with Crippen molar-refractivity contribution in [1.82, 2.24) is 14.6 Å². The number of pyridine rings is 1. The molecule has 1 atom stereocenters.